The van der Waals surface area contributed by atoms with E-state index in [9.17, 15) is 9.59 Å². The fourth-order valence-electron chi connectivity index (χ4n) is 6.45. The number of anilines is 1. The maximum absolute atomic E-state index is 16.6. The van der Waals surface area contributed by atoms with Crippen molar-refractivity contribution < 1.29 is 24.9 Å². The van der Waals surface area contributed by atoms with Gasteiger partial charge in [0, 0.05) is 88.3 Å². The van der Waals surface area contributed by atoms with Gasteiger partial charge in [-0.3, -0.25) is 19.3 Å². The highest BCUT2D eigenvalue weighted by molar-refractivity contribution is 6.05. The highest BCUT2D eigenvalue weighted by Crippen LogP contribution is 2.40. The molecular weight excluding hydrogens is 631 g/mol. The Balaban J connectivity index is 0.00000432. The third-order valence-electron chi connectivity index (χ3n) is 9.00. The van der Waals surface area contributed by atoms with E-state index in [2.05, 4.69) is 30.5 Å². The summed E-state index contributed by atoms with van der Waals surface area (Å²) in [6, 6.07) is 6.95. The molecule has 1 aromatic carbocycles. The van der Waals surface area contributed by atoms with Crippen molar-refractivity contribution in [3.63, 3.8) is 0 Å². The van der Waals surface area contributed by atoms with Crippen LogP contribution in [-0.4, -0.2) is 110 Å². The summed E-state index contributed by atoms with van der Waals surface area (Å²) in [4.78, 5) is 40.0. The molecule has 15 heteroatoms. The minimum Gasteiger partial charge on any atom is -0.496 e. The van der Waals surface area contributed by atoms with Gasteiger partial charge in [-0.2, -0.15) is 5.10 Å². The summed E-state index contributed by atoms with van der Waals surface area (Å²) < 4.78 is 29.3. The highest BCUT2D eigenvalue weighted by Gasteiger charge is 2.29. The van der Waals surface area contributed by atoms with Crippen LogP contribution in [-0.2, 0) is 11.3 Å². The Hall–Kier alpha value is -5.86. The predicted molar refractivity (Wildman–Crippen MR) is 181 cm³/mol. The van der Waals surface area contributed by atoms with E-state index in [4.69, 9.17) is 9.47 Å². The van der Waals surface area contributed by atoms with Crippen LogP contribution < -0.4 is 14.4 Å². The number of nitrogens with zero attached hydrogens (tertiary/aromatic N) is 9. The number of carbonyl (C=O) groups excluding carboxylic acids is 2. The molecule has 7 rings (SSSR count). The molecule has 1 saturated heterocycles. The van der Waals surface area contributed by atoms with Crippen LogP contribution in [0.15, 0.2) is 61.3 Å². The number of fused-ring (bicyclic) bond motifs is 1. The number of amides is 2. The Kier molecular flexibility index (Phi) is 8.87. The van der Waals surface area contributed by atoms with Gasteiger partial charge in [0.2, 0.25) is 5.91 Å². The van der Waals surface area contributed by atoms with Gasteiger partial charge in [0.05, 0.1) is 38.7 Å². The van der Waals surface area contributed by atoms with E-state index < -0.39 is 5.82 Å². The standard InChI is InChI=1S/C34H35FN10O4.H2/c1-48-28-5-8-36-20-26(28)24-18-23(22-4-3-11-44(21-22)30(46)7-12-45-13-10-38-41-45)31(35)32-25(24)19-27(39-32)34(47)43-16-14-42(15-17-43)33-29(49-2)6-9-37-40-33;/h4-6,8-10,13,18-20,39H,3,7,11-12,14-17,21H2,1-2H3;1H. The number of benzene rings is 1. The Morgan fingerprint density at radius 1 is 0.939 bits per heavy atom. The maximum atomic E-state index is 16.6. The fourth-order valence-corrected chi connectivity index (χ4v) is 6.45. The Labute approximate surface area is 282 Å². The molecule has 49 heavy (non-hydrogen) atoms. The first-order valence-electron chi connectivity index (χ1n) is 16.0. The van der Waals surface area contributed by atoms with Gasteiger partial charge in [-0.1, -0.05) is 11.3 Å². The Morgan fingerprint density at radius 3 is 2.53 bits per heavy atom. The van der Waals surface area contributed by atoms with Crippen LogP contribution in [0, 0.1) is 5.82 Å². The molecule has 1 fully saturated rings. The first-order valence-corrected chi connectivity index (χ1v) is 16.0. The van der Waals surface area contributed by atoms with Gasteiger partial charge in [-0.25, -0.2) is 4.39 Å². The minimum atomic E-state index is -0.497. The van der Waals surface area contributed by atoms with Crippen LogP contribution in [0.4, 0.5) is 10.2 Å². The minimum absolute atomic E-state index is 0. The summed E-state index contributed by atoms with van der Waals surface area (Å²) in [5.74, 6) is 1.00. The number of hydrogen-bond acceptors (Lipinski definition) is 10. The third kappa shape index (κ3) is 6.26. The summed E-state index contributed by atoms with van der Waals surface area (Å²) in [5, 5.41) is 16.5. The molecule has 0 bridgehead atoms. The molecule has 0 radical (unpaired) electrons. The summed E-state index contributed by atoms with van der Waals surface area (Å²) in [7, 11) is 3.15. The number of piperazine rings is 1. The normalized spacial score (nSPS) is 15.0. The van der Waals surface area contributed by atoms with Crippen LogP contribution in [0.3, 0.4) is 0 Å². The van der Waals surface area contributed by atoms with Crippen molar-refractivity contribution in [2.45, 2.75) is 19.4 Å². The molecule has 0 saturated carbocycles. The summed E-state index contributed by atoms with van der Waals surface area (Å²) >= 11 is 0. The zero-order valence-electron chi connectivity index (χ0n) is 27.2. The second-order valence-electron chi connectivity index (χ2n) is 11.8. The van der Waals surface area contributed by atoms with Gasteiger partial charge in [-0.15, -0.1) is 10.2 Å². The van der Waals surface area contributed by atoms with Gasteiger partial charge in [0.25, 0.3) is 5.91 Å². The number of rotatable bonds is 9. The van der Waals surface area contributed by atoms with Crippen molar-refractivity contribution in [3.8, 4) is 22.6 Å². The number of carbonyl (C=O) groups is 2. The van der Waals surface area contributed by atoms with Crippen molar-refractivity contribution in [2.75, 3.05) is 58.4 Å². The Morgan fingerprint density at radius 2 is 1.76 bits per heavy atom. The smallest absolute Gasteiger partial charge is 0.270 e. The SMILES string of the molecule is COc1ccncc1-c1cc(C2=CCCN(C(=O)CCn3ccnn3)C2)c(F)c2[nH]c(C(=O)N3CCN(c4nnccc4OC)CC3)cc12.[HH]. The monoisotopic (exact) mass is 668 g/mol. The molecule has 6 heterocycles. The average molecular weight is 669 g/mol. The number of hydrogen-bond donors (Lipinski definition) is 1. The molecular formula is C34H37FN10O4. The molecule has 254 valence electrons. The number of nitrogens with one attached hydrogen (secondary N) is 1. The lowest BCUT2D eigenvalue weighted by molar-refractivity contribution is -0.131. The fraction of sp³-hybridized carbons (Fsp3) is 0.324. The molecule has 14 nitrogen and oxygen atoms in total. The first kappa shape index (κ1) is 31.7. The van der Waals surface area contributed by atoms with E-state index in [0.29, 0.717) is 90.7 Å². The molecule has 0 atom stereocenters. The zero-order chi connectivity index (χ0) is 33.9. The molecule has 1 N–H and O–H groups in total. The van der Waals surface area contributed by atoms with Crippen LogP contribution in [0.5, 0.6) is 11.5 Å². The highest BCUT2D eigenvalue weighted by atomic mass is 19.1. The number of methoxy groups -OCH3 is 2. The van der Waals surface area contributed by atoms with Crippen LogP contribution in [0.25, 0.3) is 27.6 Å². The van der Waals surface area contributed by atoms with Crippen molar-refractivity contribution in [3.05, 3.63) is 78.4 Å². The topological polar surface area (TPSA) is 147 Å². The lowest BCUT2D eigenvalue weighted by atomic mass is 9.93. The molecule has 0 aliphatic carbocycles. The summed E-state index contributed by atoms with van der Waals surface area (Å²) in [6.45, 7) is 3.10. The van der Waals surface area contributed by atoms with E-state index in [1.165, 1.54) is 0 Å². The number of H-pyrrole nitrogens is 1. The second kappa shape index (κ2) is 13.7. The quantitative estimate of drug-likeness (QED) is 0.247. The van der Waals surface area contributed by atoms with Gasteiger partial charge in [-0.05, 0) is 35.8 Å². The maximum Gasteiger partial charge on any atom is 0.270 e. The molecule has 2 aliphatic heterocycles. The Bertz CT molecular complexity index is 2030. The first-order chi connectivity index (χ1) is 23.9. The average Bonchev–Trinajstić information content (AvgIpc) is 3.85. The van der Waals surface area contributed by atoms with Crippen LogP contribution >= 0.6 is 0 Å². The van der Waals surface area contributed by atoms with Gasteiger partial charge >= 0.3 is 0 Å². The van der Waals surface area contributed by atoms with Crippen molar-refractivity contribution >= 4 is 34.1 Å². The lowest BCUT2D eigenvalue weighted by Gasteiger charge is -2.35. The number of aromatic amines is 1. The van der Waals surface area contributed by atoms with Gasteiger partial charge in [0.15, 0.2) is 17.4 Å². The van der Waals surface area contributed by atoms with Crippen molar-refractivity contribution in [2.24, 2.45) is 0 Å². The largest absolute Gasteiger partial charge is 0.496 e. The predicted octanol–water partition coefficient (Wildman–Crippen LogP) is 3.68. The van der Waals surface area contributed by atoms with E-state index >= 15 is 4.39 Å². The second-order valence-corrected chi connectivity index (χ2v) is 11.8. The molecule has 0 spiro atoms. The van der Waals surface area contributed by atoms with E-state index in [1.807, 2.05) is 11.0 Å². The van der Waals surface area contributed by atoms with Crippen molar-refractivity contribution in [1.82, 2.24) is 45.0 Å². The van der Waals surface area contributed by atoms with Crippen molar-refractivity contribution in [1.29, 1.82) is 0 Å². The molecule has 5 aromatic rings. The summed E-state index contributed by atoms with van der Waals surface area (Å²) in [5.41, 5.74) is 2.79. The van der Waals surface area contributed by atoms with Crippen LogP contribution in [0.1, 0.15) is 30.3 Å². The number of aryl methyl sites for hydroxylation is 1. The summed E-state index contributed by atoms with van der Waals surface area (Å²) in [6.07, 6.45) is 10.9. The molecule has 0 unspecified atom stereocenters. The van der Waals surface area contributed by atoms with Gasteiger partial charge < -0.3 is 29.2 Å². The zero-order valence-corrected chi connectivity index (χ0v) is 27.2. The molecule has 2 amide bonds. The van der Waals surface area contributed by atoms with E-state index in [-0.39, 0.29) is 37.4 Å². The number of aromatic nitrogens is 7. The molecule has 4 aromatic heterocycles. The van der Waals surface area contributed by atoms with E-state index in [1.54, 1.807) is 84.0 Å². The lowest BCUT2D eigenvalue weighted by Crippen LogP contribution is -2.49. The van der Waals surface area contributed by atoms with E-state index in [0.717, 1.165) is 0 Å². The number of halogens is 1. The number of ether oxygens (including phenoxy) is 2. The number of pyridine rings is 1. The van der Waals surface area contributed by atoms with Crippen LogP contribution in [0.2, 0.25) is 0 Å². The molecule has 2 aliphatic rings. The van der Waals surface area contributed by atoms with Gasteiger partial charge in [0.1, 0.15) is 11.4 Å². The third-order valence-corrected chi connectivity index (χ3v) is 9.00.